The number of anilines is 1. The third kappa shape index (κ3) is 4.19. The number of fused-ring (bicyclic) bond motifs is 1. The maximum atomic E-state index is 10.5. The highest BCUT2D eigenvalue weighted by molar-refractivity contribution is 5.83. The first kappa shape index (κ1) is 21.5. The van der Waals surface area contributed by atoms with Crippen LogP contribution in [-0.2, 0) is 31.9 Å². The Labute approximate surface area is 191 Å². The number of phenols is 1. The Bertz CT molecular complexity index is 1230. The van der Waals surface area contributed by atoms with Gasteiger partial charge in [0, 0.05) is 52.6 Å². The lowest BCUT2D eigenvalue weighted by atomic mass is 10.0. The standard InChI is InChI=1S/C26H26N2O5/c1-3-28(20-9-5-4-6-10-20)17-18-15-19(13-14-24(18)29)26(2)32-30-25(31-33-26)22-16-27-23-12-8-7-11-21(22)23/h4-16,25,27,29H,3,17H2,1-2H3. The summed E-state index contributed by atoms with van der Waals surface area (Å²) in [5, 5.41) is 11.5. The van der Waals surface area contributed by atoms with Gasteiger partial charge in [-0.2, -0.15) is 19.6 Å². The number of aromatic amines is 1. The van der Waals surface area contributed by atoms with E-state index in [1.54, 1.807) is 19.1 Å². The highest BCUT2D eigenvalue weighted by atomic mass is 17.4. The fraction of sp³-hybridized carbons (Fsp3) is 0.231. The third-order valence-corrected chi connectivity index (χ3v) is 5.93. The number of rotatable bonds is 6. The SMILES string of the molecule is CCN(Cc1cc(C2(C)OOC(c3c[nH]c4ccccc34)OO2)ccc1O)c1ccccc1. The molecule has 1 aliphatic rings. The molecule has 33 heavy (non-hydrogen) atoms. The summed E-state index contributed by atoms with van der Waals surface area (Å²) in [6, 6.07) is 23.1. The largest absolute Gasteiger partial charge is 0.508 e. The van der Waals surface area contributed by atoms with E-state index < -0.39 is 12.1 Å². The van der Waals surface area contributed by atoms with E-state index in [1.165, 1.54) is 0 Å². The van der Waals surface area contributed by atoms with Crippen molar-refractivity contribution < 1.29 is 24.7 Å². The second-order valence-electron chi connectivity index (χ2n) is 8.12. The van der Waals surface area contributed by atoms with E-state index in [1.807, 2.05) is 66.9 Å². The first-order chi connectivity index (χ1) is 16.1. The van der Waals surface area contributed by atoms with Crippen molar-refractivity contribution in [1.82, 2.24) is 4.98 Å². The van der Waals surface area contributed by atoms with Crippen LogP contribution in [-0.4, -0.2) is 16.6 Å². The fourth-order valence-corrected chi connectivity index (χ4v) is 4.01. The van der Waals surface area contributed by atoms with Crippen molar-refractivity contribution in [2.24, 2.45) is 0 Å². The molecule has 2 heterocycles. The lowest BCUT2D eigenvalue weighted by molar-refractivity contribution is -0.634. The number of nitrogens with zero attached hydrogens (tertiary/aromatic N) is 1. The van der Waals surface area contributed by atoms with Crippen LogP contribution in [0, 0.1) is 0 Å². The van der Waals surface area contributed by atoms with Gasteiger partial charge in [-0.3, -0.25) is 0 Å². The van der Waals surface area contributed by atoms with Gasteiger partial charge in [-0.05, 0) is 50.2 Å². The highest BCUT2D eigenvalue weighted by Gasteiger charge is 2.40. The minimum Gasteiger partial charge on any atom is -0.508 e. The van der Waals surface area contributed by atoms with Gasteiger partial charge in [0.05, 0.1) is 0 Å². The van der Waals surface area contributed by atoms with Crippen LogP contribution in [0.2, 0.25) is 0 Å². The number of para-hydroxylation sites is 2. The number of hydrogen-bond acceptors (Lipinski definition) is 6. The number of aromatic nitrogens is 1. The summed E-state index contributed by atoms with van der Waals surface area (Å²) in [6.45, 7) is 5.10. The molecule has 1 aromatic heterocycles. The van der Waals surface area contributed by atoms with Gasteiger partial charge in [0.15, 0.2) is 0 Å². The molecule has 0 aliphatic carbocycles. The van der Waals surface area contributed by atoms with Crippen molar-refractivity contribution in [3.63, 3.8) is 0 Å². The van der Waals surface area contributed by atoms with Gasteiger partial charge in [0.25, 0.3) is 12.1 Å². The second-order valence-corrected chi connectivity index (χ2v) is 8.12. The molecule has 7 heteroatoms. The molecule has 0 atom stereocenters. The van der Waals surface area contributed by atoms with Crippen molar-refractivity contribution in [1.29, 1.82) is 0 Å². The Morgan fingerprint density at radius 3 is 2.45 bits per heavy atom. The Kier molecular flexibility index (Phi) is 5.78. The Morgan fingerprint density at radius 2 is 1.70 bits per heavy atom. The maximum Gasteiger partial charge on any atom is 0.256 e. The summed E-state index contributed by atoms with van der Waals surface area (Å²) >= 11 is 0. The molecule has 3 aromatic carbocycles. The number of hydrogen-bond donors (Lipinski definition) is 2. The summed E-state index contributed by atoms with van der Waals surface area (Å²) in [5.74, 6) is -1.10. The molecule has 0 amide bonds. The van der Waals surface area contributed by atoms with Crippen molar-refractivity contribution in [2.75, 3.05) is 11.4 Å². The Morgan fingerprint density at radius 1 is 0.970 bits per heavy atom. The molecule has 2 N–H and O–H groups in total. The monoisotopic (exact) mass is 446 g/mol. The summed E-state index contributed by atoms with van der Waals surface area (Å²) in [7, 11) is 0. The molecule has 0 saturated carbocycles. The molecule has 5 rings (SSSR count). The third-order valence-electron chi connectivity index (χ3n) is 5.93. The van der Waals surface area contributed by atoms with Gasteiger partial charge in [-0.25, -0.2) is 0 Å². The number of phenolic OH excluding ortho intramolecular Hbond substituents is 1. The minimum absolute atomic E-state index is 0.200. The van der Waals surface area contributed by atoms with E-state index in [9.17, 15) is 5.11 Å². The predicted octanol–water partition coefficient (Wildman–Crippen LogP) is 5.68. The quantitative estimate of drug-likeness (QED) is 0.371. The van der Waals surface area contributed by atoms with E-state index >= 15 is 0 Å². The van der Waals surface area contributed by atoms with Gasteiger partial charge in [-0.15, -0.1) is 0 Å². The van der Waals surface area contributed by atoms with Crippen LogP contribution in [0.3, 0.4) is 0 Å². The molecule has 0 radical (unpaired) electrons. The summed E-state index contributed by atoms with van der Waals surface area (Å²) in [4.78, 5) is 27.9. The van der Waals surface area contributed by atoms with Crippen LogP contribution in [0.4, 0.5) is 5.69 Å². The second kappa shape index (κ2) is 8.88. The van der Waals surface area contributed by atoms with Crippen molar-refractivity contribution >= 4 is 16.6 Å². The molecular weight excluding hydrogens is 420 g/mol. The zero-order valence-electron chi connectivity index (χ0n) is 18.5. The molecule has 0 unspecified atom stereocenters. The zero-order valence-corrected chi connectivity index (χ0v) is 18.5. The molecule has 0 bridgehead atoms. The van der Waals surface area contributed by atoms with Crippen molar-refractivity contribution in [3.8, 4) is 5.75 Å². The Hall–Kier alpha value is -3.36. The van der Waals surface area contributed by atoms with Crippen LogP contribution in [0.5, 0.6) is 5.75 Å². The first-order valence-electron chi connectivity index (χ1n) is 10.9. The molecule has 4 aromatic rings. The smallest absolute Gasteiger partial charge is 0.256 e. The predicted molar refractivity (Wildman–Crippen MR) is 124 cm³/mol. The van der Waals surface area contributed by atoms with E-state index in [0.717, 1.165) is 34.3 Å². The van der Waals surface area contributed by atoms with Crippen molar-refractivity contribution in [3.05, 3.63) is 95.7 Å². The van der Waals surface area contributed by atoms with Gasteiger partial charge in [0.2, 0.25) is 0 Å². The van der Waals surface area contributed by atoms with E-state index in [4.69, 9.17) is 19.6 Å². The fourth-order valence-electron chi connectivity index (χ4n) is 4.01. The molecular formula is C26H26N2O5. The molecule has 0 spiro atoms. The highest BCUT2D eigenvalue weighted by Crippen LogP contribution is 2.40. The normalized spacial score (nSPS) is 20.7. The lowest BCUT2D eigenvalue weighted by Crippen LogP contribution is -2.36. The van der Waals surface area contributed by atoms with Crippen LogP contribution in [0.15, 0.2) is 79.0 Å². The molecule has 1 saturated heterocycles. The molecule has 1 aliphatic heterocycles. The maximum absolute atomic E-state index is 10.5. The molecule has 1 fully saturated rings. The van der Waals surface area contributed by atoms with Crippen LogP contribution in [0.25, 0.3) is 10.9 Å². The van der Waals surface area contributed by atoms with Crippen LogP contribution in [0.1, 0.15) is 36.8 Å². The number of H-pyrrole nitrogens is 1. The van der Waals surface area contributed by atoms with Gasteiger partial charge < -0.3 is 15.0 Å². The van der Waals surface area contributed by atoms with Crippen LogP contribution < -0.4 is 4.90 Å². The van der Waals surface area contributed by atoms with Gasteiger partial charge >= 0.3 is 0 Å². The van der Waals surface area contributed by atoms with E-state index in [2.05, 4.69) is 16.8 Å². The zero-order chi connectivity index (χ0) is 22.8. The average molecular weight is 447 g/mol. The van der Waals surface area contributed by atoms with Gasteiger partial charge in [0.1, 0.15) is 5.75 Å². The number of aromatic hydroxyl groups is 1. The summed E-state index contributed by atoms with van der Waals surface area (Å²) < 4.78 is 0. The average Bonchev–Trinajstić information content (AvgIpc) is 3.29. The lowest BCUT2D eigenvalue weighted by Gasteiger charge is -2.35. The first-order valence-corrected chi connectivity index (χ1v) is 10.9. The van der Waals surface area contributed by atoms with Gasteiger partial charge in [-0.1, -0.05) is 36.4 Å². The number of benzene rings is 3. The van der Waals surface area contributed by atoms with E-state index in [-0.39, 0.29) is 5.75 Å². The summed E-state index contributed by atoms with van der Waals surface area (Å²) in [6.07, 6.45) is 0.978. The van der Waals surface area contributed by atoms with Crippen LogP contribution >= 0.6 is 0 Å². The summed E-state index contributed by atoms with van der Waals surface area (Å²) in [5.41, 5.74) is 4.23. The minimum atomic E-state index is -1.30. The Balaban J connectivity index is 1.34. The molecule has 170 valence electrons. The topological polar surface area (TPSA) is 76.2 Å². The van der Waals surface area contributed by atoms with E-state index in [0.29, 0.717) is 12.1 Å². The number of nitrogens with one attached hydrogen (secondary N) is 1. The molecule has 7 nitrogen and oxygen atoms in total. The van der Waals surface area contributed by atoms with Crippen molar-refractivity contribution in [2.45, 2.75) is 32.5 Å².